The van der Waals surface area contributed by atoms with Crippen molar-refractivity contribution in [3.05, 3.63) is 45.9 Å². The maximum atomic E-state index is 11.9. The molecule has 1 amide bonds. The van der Waals surface area contributed by atoms with Gasteiger partial charge in [-0.3, -0.25) is 4.79 Å². The summed E-state index contributed by atoms with van der Waals surface area (Å²) in [5.74, 6) is 1.18. The van der Waals surface area contributed by atoms with Crippen LogP contribution in [0.4, 0.5) is 0 Å². The minimum atomic E-state index is -0.0117. The smallest absolute Gasteiger partial charge is 0.224 e. The molecule has 0 bridgehead atoms. The highest BCUT2D eigenvalue weighted by Gasteiger charge is 2.08. The van der Waals surface area contributed by atoms with E-state index in [4.69, 9.17) is 4.74 Å². The predicted octanol–water partition coefficient (Wildman–Crippen LogP) is 3.13. The van der Waals surface area contributed by atoms with Gasteiger partial charge in [0.2, 0.25) is 5.91 Å². The lowest BCUT2D eigenvalue weighted by Crippen LogP contribution is -2.24. The molecular weight excluding hydrogens is 284 g/mol. The molecule has 4 nitrogen and oxygen atoms in total. The Balaban J connectivity index is 1.86. The number of carbonyl (C=O) groups excluding carboxylic acids is 1. The SMILES string of the molecule is COc1cccc(CC(=O)NCc2csc(C(C)C)n2)c1. The van der Waals surface area contributed by atoms with Gasteiger partial charge in [0.15, 0.2) is 0 Å². The molecule has 0 radical (unpaired) electrons. The first kappa shape index (κ1) is 15.5. The summed E-state index contributed by atoms with van der Waals surface area (Å²) in [4.78, 5) is 16.4. The second kappa shape index (κ2) is 7.22. The molecule has 112 valence electrons. The summed E-state index contributed by atoms with van der Waals surface area (Å²) in [6.07, 6.45) is 0.346. The van der Waals surface area contributed by atoms with Crippen LogP contribution in [0.25, 0.3) is 0 Å². The van der Waals surface area contributed by atoms with E-state index in [9.17, 15) is 4.79 Å². The van der Waals surface area contributed by atoms with Gasteiger partial charge in [-0.25, -0.2) is 4.98 Å². The Hall–Kier alpha value is -1.88. The summed E-state index contributed by atoms with van der Waals surface area (Å²) in [5, 5.41) is 6.01. The fourth-order valence-electron chi connectivity index (χ4n) is 1.89. The van der Waals surface area contributed by atoms with Gasteiger partial charge >= 0.3 is 0 Å². The molecule has 1 aromatic carbocycles. The molecule has 0 saturated carbocycles. The first-order valence-corrected chi connectivity index (χ1v) is 7.80. The molecule has 0 aliphatic heterocycles. The number of benzene rings is 1. The highest BCUT2D eigenvalue weighted by molar-refractivity contribution is 7.09. The van der Waals surface area contributed by atoms with Gasteiger partial charge in [-0.05, 0) is 17.7 Å². The molecule has 1 N–H and O–H groups in total. The van der Waals surface area contributed by atoms with Crippen molar-refractivity contribution in [2.45, 2.75) is 32.7 Å². The van der Waals surface area contributed by atoms with E-state index in [2.05, 4.69) is 24.1 Å². The predicted molar refractivity (Wildman–Crippen MR) is 84.7 cm³/mol. The summed E-state index contributed by atoms with van der Waals surface area (Å²) in [5.41, 5.74) is 1.86. The molecule has 0 spiro atoms. The van der Waals surface area contributed by atoms with Crippen molar-refractivity contribution in [2.75, 3.05) is 7.11 Å². The number of amides is 1. The molecule has 0 aliphatic rings. The first-order chi connectivity index (χ1) is 10.1. The van der Waals surface area contributed by atoms with Crippen molar-refractivity contribution in [2.24, 2.45) is 0 Å². The van der Waals surface area contributed by atoms with Crippen molar-refractivity contribution in [3.8, 4) is 5.75 Å². The zero-order valence-corrected chi connectivity index (χ0v) is 13.4. The zero-order chi connectivity index (χ0) is 15.2. The van der Waals surface area contributed by atoms with Crippen LogP contribution in [0.15, 0.2) is 29.6 Å². The van der Waals surface area contributed by atoms with Crippen molar-refractivity contribution in [1.82, 2.24) is 10.3 Å². The summed E-state index contributed by atoms with van der Waals surface area (Å²) in [6, 6.07) is 7.54. The number of hydrogen-bond acceptors (Lipinski definition) is 4. The molecule has 2 aromatic rings. The molecule has 21 heavy (non-hydrogen) atoms. The van der Waals surface area contributed by atoms with Gasteiger partial charge in [0.05, 0.1) is 30.8 Å². The summed E-state index contributed by atoms with van der Waals surface area (Å²) in [6.45, 7) is 4.71. The zero-order valence-electron chi connectivity index (χ0n) is 12.6. The van der Waals surface area contributed by atoms with Crippen LogP contribution >= 0.6 is 11.3 Å². The fraction of sp³-hybridized carbons (Fsp3) is 0.375. The van der Waals surface area contributed by atoms with Gasteiger partial charge in [-0.1, -0.05) is 26.0 Å². The van der Waals surface area contributed by atoms with Crippen LogP contribution < -0.4 is 10.1 Å². The molecule has 0 atom stereocenters. The average molecular weight is 304 g/mol. The van der Waals surface area contributed by atoms with E-state index < -0.39 is 0 Å². The van der Waals surface area contributed by atoms with Gasteiger partial charge in [-0.15, -0.1) is 11.3 Å². The number of carbonyl (C=O) groups is 1. The first-order valence-electron chi connectivity index (χ1n) is 6.92. The van der Waals surface area contributed by atoms with Crippen LogP contribution in [0.5, 0.6) is 5.75 Å². The minimum absolute atomic E-state index is 0.0117. The van der Waals surface area contributed by atoms with E-state index >= 15 is 0 Å². The van der Waals surface area contributed by atoms with E-state index in [0.717, 1.165) is 22.0 Å². The Morgan fingerprint density at radius 2 is 2.24 bits per heavy atom. The van der Waals surface area contributed by atoms with Gasteiger partial charge in [-0.2, -0.15) is 0 Å². The van der Waals surface area contributed by atoms with Gasteiger partial charge in [0.25, 0.3) is 0 Å². The summed E-state index contributed by atoms with van der Waals surface area (Å²) < 4.78 is 5.15. The number of thiazole rings is 1. The molecule has 0 aliphatic carbocycles. The van der Waals surface area contributed by atoms with E-state index in [0.29, 0.717) is 18.9 Å². The molecule has 1 aromatic heterocycles. The molecule has 0 fully saturated rings. The highest BCUT2D eigenvalue weighted by atomic mass is 32.1. The summed E-state index contributed by atoms with van der Waals surface area (Å²) in [7, 11) is 1.62. The third-order valence-corrected chi connectivity index (χ3v) is 4.22. The fourth-order valence-corrected chi connectivity index (χ4v) is 2.72. The largest absolute Gasteiger partial charge is 0.497 e. The van der Waals surface area contributed by atoms with Crippen molar-refractivity contribution in [3.63, 3.8) is 0 Å². The van der Waals surface area contributed by atoms with E-state index in [1.807, 2.05) is 29.6 Å². The van der Waals surface area contributed by atoms with Crippen molar-refractivity contribution >= 4 is 17.2 Å². The molecular formula is C16H20N2O2S. The van der Waals surface area contributed by atoms with Crippen LogP contribution in [0.3, 0.4) is 0 Å². The Morgan fingerprint density at radius 3 is 2.90 bits per heavy atom. The van der Waals surface area contributed by atoms with Crippen molar-refractivity contribution in [1.29, 1.82) is 0 Å². The monoisotopic (exact) mass is 304 g/mol. The quantitative estimate of drug-likeness (QED) is 0.892. The second-order valence-corrected chi connectivity index (χ2v) is 6.03. The third kappa shape index (κ3) is 4.56. The Labute approximate surface area is 129 Å². The Bertz CT molecular complexity index is 608. The topological polar surface area (TPSA) is 51.2 Å². The standard InChI is InChI=1S/C16H20N2O2S/c1-11(2)16-18-13(10-21-16)9-17-15(19)8-12-5-4-6-14(7-12)20-3/h4-7,10-11H,8-9H2,1-3H3,(H,17,19). The molecule has 1 heterocycles. The lowest BCUT2D eigenvalue weighted by atomic mass is 10.1. The van der Waals surface area contributed by atoms with Gasteiger partial charge < -0.3 is 10.1 Å². The number of nitrogens with one attached hydrogen (secondary N) is 1. The normalized spacial score (nSPS) is 10.7. The van der Waals surface area contributed by atoms with E-state index in [1.54, 1.807) is 18.4 Å². The van der Waals surface area contributed by atoms with Crippen molar-refractivity contribution < 1.29 is 9.53 Å². The van der Waals surface area contributed by atoms with Gasteiger partial charge in [0, 0.05) is 11.3 Å². The Kier molecular flexibility index (Phi) is 5.33. The third-order valence-electron chi connectivity index (χ3n) is 3.03. The number of rotatable bonds is 6. The molecule has 0 saturated heterocycles. The maximum absolute atomic E-state index is 11.9. The molecule has 2 rings (SSSR count). The molecule has 0 unspecified atom stereocenters. The lowest BCUT2D eigenvalue weighted by Gasteiger charge is -2.05. The summed E-state index contributed by atoms with van der Waals surface area (Å²) >= 11 is 1.64. The van der Waals surface area contributed by atoms with E-state index in [-0.39, 0.29) is 5.91 Å². The number of ether oxygens (including phenoxy) is 1. The van der Waals surface area contributed by atoms with E-state index in [1.165, 1.54) is 0 Å². The van der Waals surface area contributed by atoms with Gasteiger partial charge in [0.1, 0.15) is 5.75 Å². The number of nitrogens with zero attached hydrogens (tertiary/aromatic N) is 1. The maximum Gasteiger partial charge on any atom is 0.224 e. The average Bonchev–Trinajstić information content (AvgIpc) is 2.94. The Morgan fingerprint density at radius 1 is 1.43 bits per heavy atom. The minimum Gasteiger partial charge on any atom is -0.497 e. The number of methoxy groups -OCH3 is 1. The van der Waals surface area contributed by atoms with Crippen LogP contribution in [-0.4, -0.2) is 18.0 Å². The number of hydrogen-bond donors (Lipinski definition) is 1. The highest BCUT2D eigenvalue weighted by Crippen LogP contribution is 2.19. The van der Waals surface area contributed by atoms with Crippen LogP contribution in [-0.2, 0) is 17.8 Å². The van der Waals surface area contributed by atoms with Crippen LogP contribution in [0.2, 0.25) is 0 Å². The van der Waals surface area contributed by atoms with Crippen LogP contribution in [0, 0.1) is 0 Å². The molecule has 5 heteroatoms. The lowest BCUT2D eigenvalue weighted by molar-refractivity contribution is -0.120. The number of aromatic nitrogens is 1. The second-order valence-electron chi connectivity index (χ2n) is 5.14. The van der Waals surface area contributed by atoms with Crippen LogP contribution in [0.1, 0.15) is 36.0 Å².